The van der Waals surface area contributed by atoms with Gasteiger partial charge in [0, 0.05) is 50.4 Å². The lowest BCUT2D eigenvalue weighted by Crippen LogP contribution is -2.37. The largest absolute Gasteiger partial charge is 0.310 e. The molecule has 1 aliphatic rings. The van der Waals surface area contributed by atoms with Crippen molar-refractivity contribution in [1.29, 1.82) is 0 Å². The normalized spacial score (nSPS) is 17.2. The van der Waals surface area contributed by atoms with Crippen molar-refractivity contribution in [2.75, 3.05) is 37.7 Å². The van der Waals surface area contributed by atoms with Gasteiger partial charge in [-0.25, -0.2) is 0 Å². The van der Waals surface area contributed by atoms with E-state index in [0.717, 1.165) is 19.6 Å². The number of nitrogens with zero attached hydrogens (tertiary/aromatic N) is 2. The van der Waals surface area contributed by atoms with Crippen LogP contribution < -0.4 is 5.32 Å². The highest BCUT2D eigenvalue weighted by atomic mass is 32.2. The highest BCUT2D eigenvalue weighted by Gasteiger charge is 2.09. The summed E-state index contributed by atoms with van der Waals surface area (Å²) in [5, 5.41) is 3.48. The molecule has 0 spiro atoms. The van der Waals surface area contributed by atoms with Crippen molar-refractivity contribution >= 4 is 11.8 Å². The molecule has 17 heavy (non-hydrogen) atoms. The van der Waals surface area contributed by atoms with Crippen LogP contribution in [0.5, 0.6) is 0 Å². The minimum absolute atomic E-state index is 0.884. The first-order chi connectivity index (χ1) is 8.36. The van der Waals surface area contributed by atoms with E-state index in [0.29, 0.717) is 0 Å². The highest BCUT2D eigenvalue weighted by Crippen LogP contribution is 2.08. The Morgan fingerprint density at radius 3 is 3.00 bits per heavy atom. The Labute approximate surface area is 108 Å². The van der Waals surface area contributed by atoms with Crippen LogP contribution in [-0.4, -0.2) is 47.6 Å². The van der Waals surface area contributed by atoms with E-state index < -0.39 is 0 Å². The van der Waals surface area contributed by atoms with Crippen LogP contribution in [0, 0.1) is 6.92 Å². The molecule has 2 rings (SSSR count). The molecule has 2 heterocycles. The first-order valence-corrected chi connectivity index (χ1v) is 7.43. The van der Waals surface area contributed by atoms with Crippen LogP contribution in [0.4, 0.5) is 0 Å². The Balaban J connectivity index is 1.64. The van der Waals surface area contributed by atoms with Crippen LogP contribution in [-0.2, 0) is 6.54 Å². The fourth-order valence-electron chi connectivity index (χ4n) is 1.97. The van der Waals surface area contributed by atoms with Crippen molar-refractivity contribution in [1.82, 2.24) is 15.2 Å². The molecule has 1 aromatic rings. The van der Waals surface area contributed by atoms with Crippen LogP contribution in [0.25, 0.3) is 0 Å². The molecule has 0 unspecified atom stereocenters. The highest BCUT2D eigenvalue weighted by molar-refractivity contribution is 7.99. The lowest BCUT2D eigenvalue weighted by Gasteiger charge is -2.26. The van der Waals surface area contributed by atoms with E-state index in [9.17, 15) is 0 Å². The third-order valence-electron chi connectivity index (χ3n) is 3.12. The smallest absolute Gasteiger partial charge is 0.0570 e. The number of thioether (sulfide) groups is 1. The Morgan fingerprint density at radius 2 is 2.24 bits per heavy atom. The fourth-order valence-corrected chi connectivity index (χ4v) is 2.95. The Morgan fingerprint density at radius 1 is 1.41 bits per heavy atom. The first kappa shape index (κ1) is 12.9. The van der Waals surface area contributed by atoms with Gasteiger partial charge in [-0.1, -0.05) is 6.07 Å². The zero-order chi connectivity index (χ0) is 11.9. The SMILES string of the molecule is Cc1cccnc1CNCCN1CCSCC1. The summed E-state index contributed by atoms with van der Waals surface area (Å²) in [6, 6.07) is 4.11. The second kappa shape index (κ2) is 6.99. The zero-order valence-corrected chi connectivity index (χ0v) is 11.3. The van der Waals surface area contributed by atoms with E-state index in [4.69, 9.17) is 0 Å². The van der Waals surface area contributed by atoms with Gasteiger partial charge < -0.3 is 10.2 Å². The van der Waals surface area contributed by atoms with Gasteiger partial charge in [0.1, 0.15) is 0 Å². The molecular formula is C13H21N3S. The summed E-state index contributed by atoms with van der Waals surface area (Å²) in [4.78, 5) is 6.92. The van der Waals surface area contributed by atoms with Crippen LogP contribution in [0.2, 0.25) is 0 Å². The summed E-state index contributed by atoms with van der Waals surface area (Å²) < 4.78 is 0. The van der Waals surface area contributed by atoms with Gasteiger partial charge in [0.05, 0.1) is 5.69 Å². The quantitative estimate of drug-likeness (QED) is 0.803. The molecule has 1 aliphatic heterocycles. The van der Waals surface area contributed by atoms with Gasteiger partial charge in [0.25, 0.3) is 0 Å². The maximum atomic E-state index is 4.38. The molecule has 4 heteroatoms. The molecule has 0 atom stereocenters. The lowest BCUT2D eigenvalue weighted by molar-refractivity contribution is 0.301. The van der Waals surface area contributed by atoms with Crippen LogP contribution in [0.3, 0.4) is 0 Å². The van der Waals surface area contributed by atoms with E-state index in [-0.39, 0.29) is 0 Å². The maximum Gasteiger partial charge on any atom is 0.0570 e. The summed E-state index contributed by atoms with van der Waals surface area (Å²) in [5.41, 5.74) is 2.44. The minimum atomic E-state index is 0.884. The first-order valence-electron chi connectivity index (χ1n) is 6.27. The second-order valence-corrected chi connectivity index (χ2v) is 5.62. The third-order valence-corrected chi connectivity index (χ3v) is 4.06. The fraction of sp³-hybridized carbons (Fsp3) is 0.615. The number of aromatic nitrogens is 1. The molecule has 1 N–H and O–H groups in total. The lowest BCUT2D eigenvalue weighted by atomic mass is 10.2. The summed E-state index contributed by atoms with van der Waals surface area (Å²) >= 11 is 2.06. The molecule has 0 amide bonds. The molecule has 94 valence electrons. The molecule has 0 aliphatic carbocycles. The number of aryl methyl sites for hydroxylation is 1. The standard InChI is InChI=1S/C13H21N3S/c1-12-3-2-4-15-13(12)11-14-5-6-16-7-9-17-10-8-16/h2-4,14H,5-11H2,1H3. The molecule has 1 saturated heterocycles. The Bertz CT molecular complexity index is 337. The monoisotopic (exact) mass is 251 g/mol. The van der Waals surface area contributed by atoms with Gasteiger partial charge in [0.15, 0.2) is 0 Å². The van der Waals surface area contributed by atoms with Gasteiger partial charge in [-0.3, -0.25) is 4.98 Å². The van der Waals surface area contributed by atoms with E-state index in [2.05, 4.69) is 40.0 Å². The number of pyridine rings is 1. The van der Waals surface area contributed by atoms with E-state index >= 15 is 0 Å². The van der Waals surface area contributed by atoms with Gasteiger partial charge in [-0.2, -0.15) is 11.8 Å². The molecule has 1 fully saturated rings. The van der Waals surface area contributed by atoms with Crippen LogP contribution in [0.15, 0.2) is 18.3 Å². The second-order valence-electron chi connectivity index (χ2n) is 4.40. The number of nitrogens with one attached hydrogen (secondary N) is 1. The van der Waals surface area contributed by atoms with Crippen molar-refractivity contribution in [3.05, 3.63) is 29.6 Å². The molecule has 0 radical (unpaired) electrons. The molecule has 3 nitrogen and oxygen atoms in total. The van der Waals surface area contributed by atoms with Gasteiger partial charge in [-0.15, -0.1) is 0 Å². The summed E-state index contributed by atoms with van der Waals surface area (Å²) in [7, 11) is 0. The maximum absolute atomic E-state index is 4.38. The number of hydrogen-bond donors (Lipinski definition) is 1. The van der Waals surface area contributed by atoms with Crippen LogP contribution in [0.1, 0.15) is 11.3 Å². The van der Waals surface area contributed by atoms with Crippen molar-refractivity contribution in [2.45, 2.75) is 13.5 Å². The average Bonchev–Trinajstić information content (AvgIpc) is 2.38. The molecule has 0 aromatic carbocycles. The number of rotatable bonds is 5. The topological polar surface area (TPSA) is 28.2 Å². The molecule has 0 saturated carbocycles. The average molecular weight is 251 g/mol. The Kier molecular flexibility index (Phi) is 5.29. The zero-order valence-electron chi connectivity index (χ0n) is 10.5. The summed E-state index contributed by atoms with van der Waals surface area (Å²) in [6.45, 7) is 7.71. The van der Waals surface area contributed by atoms with Crippen molar-refractivity contribution in [3.8, 4) is 0 Å². The van der Waals surface area contributed by atoms with Gasteiger partial charge in [0.2, 0.25) is 0 Å². The van der Waals surface area contributed by atoms with Crippen molar-refractivity contribution in [3.63, 3.8) is 0 Å². The molecular weight excluding hydrogens is 230 g/mol. The van der Waals surface area contributed by atoms with Gasteiger partial charge >= 0.3 is 0 Å². The molecule has 1 aromatic heterocycles. The van der Waals surface area contributed by atoms with E-state index in [1.54, 1.807) is 0 Å². The van der Waals surface area contributed by atoms with Crippen molar-refractivity contribution < 1.29 is 0 Å². The number of hydrogen-bond acceptors (Lipinski definition) is 4. The summed E-state index contributed by atoms with van der Waals surface area (Å²) in [6.07, 6.45) is 1.87. The summed E-state index contributed by atoms with van der Waals surface area (Å²) in [5.74, 6) is 2.58. The third kappa shape index (κ3) is 4.30. The minimum Gasteiger partial charge on any atom is -0.310 e. The predicted octanol–water partition coefficient (Wildman–Crippen LogP) is 1.53. The predicted molar refractivity (Wildman–Crippen MR) is 74.4 cm³/mol. The van der Waals surface area contributed by atoms with Crippen molar-refractivity contribution in [2.24, 2.45) is 0 Å². The van der Waals surface area contributed by atoms with Crippen LogP contribution >= 0.6 is 11.8 Å². The Hall–Kier alpha value is -0.580. The molecule has 0 bridgehead atoms. The van der Waals surface area contributed by atoms with Gasteiger partial charge in [-0.05, 0) is 18.6 Å². The van der Waals surface area contributed by atoms with E-state index in [1.165, 1.54) is 35.9 Å². The van der Waals surface area contributed by atoms with E-state index in [1.807, 2.05) is 12.3 Å².